The molecule has 0 aromatic rings. The molecule has 0 heterocycles. The van der Waals surface area contributed by atoms with Crippen LogP contribution in [0.1, 0.15) is 47.0 Å². The zero-order valence-corrected chi connectivity index (χ0v) is 16.7. The van der Waals surface area contributed by atoms with Gasteiger partial charge in [-0.2, -0.15) is 0 Å². The van der Waals surface area contributed by atoms with Crippen LogP contribution in [-0.4, -0.2) is 37.7 Å². The van der Waals surface area contributed by atoms with Crippen molar-refractivity contribution in [3.63, 3.8) is 0 Å². The molecule has 2 rings (SSSR count). The molecule has 6 heteroatoms. The van der Waals surface area contributed by atoms with E-state index in [-0.39, 0.29) is 36.9 Å². The fourth-order valence-corrected chi connectivity index (χ4v) is 4.27. The summed E-state index contributed by atoms with van der Waals surface area (Å²) in [4.78, 5) is 37.7. The Morgan fingerprint density at radius 2 is 1.59 bits per heavy atom. The second-order valence-corrected chi connectivity index (χ2v) is 7.28. The maximum atomic E-state index is 12.7. The first kappa shape index (κ1) is 21.2. The lowest BCUT2D eigenvalue weighted by Gasteiger charge is -2.25. The maximum absolute atomic E-state index is 12.7. The second-order valence-electron chi connectivity index (χ2n) is 7.28. The molecule has 27 heavy (non-hydrogen) atoms. The van der Waals surface area contributed by atoms with E-state index in [1.807, 2.05) is 13.0 Å². The van der Waals surface area contributed by atoms with E-state index in [0.29, 0.717) is 25.9 Å². The number of ether oxygens (including phenoxy) is 3. The summed E-state index contributed by atoms with van der Waals surface area (Å²) in [6.07, 6.45) is 3.07. The highest BCUT2D eigenvalue weighted by molar-refractivity contribution is 6.00. The van der Waals surface area contributed by atoms with Gasteiger partial charge >= 0.3 is 17.9 Å². The van der Waals surface area contributed by atoms with Gasteiger partial charge in [0.2, 0.25) is 0 Å². The van der Waals surface area contributed by atoms with Crippen molar-refractivity contribution in [1.82, 2.24) is 0 Å². The van der Waals surface area contributed by atoms with Gasteiger partial charge in [-0.1, -0.05) is 23.8 Å². The summed E-state index contributed by atoms with van der Waals surface area (Å²) in [5.41, 5.74) is 0.449. The largest absolute Gasteiger partial charge is 0.466 e. The second kappa shape index (κ2) is 8.72. The van der Waals surface area contributed by atoms with Gasteiger partial charge in [0.15, 0.2) is 5.41 Å². The fourth-order valence-electron chi connectivity index (χ4n) is 4.27. The zero-order chi connectivity index (χ0) is 20.2. The molecule has 0 radical (unpaired) electrons. The molecule has 0 bridgehead atoms. The monoisotopic (exact) mass is 378 g/mol. The Balaban J connectivity index is 2.36. The van der Waals surface area contributed by atoms with Crippen LogP contribution in [0, 0.1) is 23.2 Å². The number of esters is 3. The highest BCUT2D eigenvalue weighted by atomic mass is 16.6. The molecule has 6 nitrogen and oxygen atoms in total. The van der Waals surface area contributed by atoms with E-state index in [0.717, 1.165) is 11.1 Å². The fraction of sp³-hybridized carbons (Fsp3) is 0.667. The van der Waals surface area contributed by atoms with Gasteiger partial charge in [-0.25, -0.2) is 0 Å². The van der Waals surface area contributed by atoms with Crippen molar-refractivity contribution in [2.45, 2.75) is 47.0 Å². The minimum atomic E-state index is -1.31. The lowest BCUT2D eigenvalue weighted by Crippen LogP contribution is -2.40. The van der Waals surface area contributed by atoms with Crippen LogP contribution in [0.4, 0.5) is 0 Å². The van der Waals surface area contributed by atoms with Crippen molar-refractivity contribution in [3.8, 4) is 0 Å². The van der Waals surface area contributed by atoms with Crippen LogP contribution < -0.4 is 0 Å². The van der Waals surface area contributed by atoms with E-state index in [2.05, 4.69) is 6.58 Å². The Morgan fingerprint density at radius 1 is 1.04 bits per heavy atom. The first-order valence-electron chi connectivity index (χ1n) is 9.67. The van der Waals surface area contributed by atoms with Gasteiger partial charge in [0, 0.05) is 0 Å². The van der Waals surface area contributed by atoms with Crippen molar-refractivity contribution in [1.29, 1.82) is 0 Å². The topological polar surface area (TPSA) is 78.9 Å². The van der Waals surface area contributed by atoms with Crippen LogP contribution >= 0.6 is 0 Å². The van der Waals surface area contributed by atoms with E-state index in [1.165, 1.54) is 0 Å². The molecule has 2 aliphatic rings. The highest BCUT2D eigenvalue weighted by Gasteiger charge is 2.58. The standard InChI is InChI=1S/C21H30O6/c1-6-25-18(22)16-10-14(5)17-12-21(19(23)26-7-2,20(24)27-8-3)11-15(17)9-13(16)4/h9,15-17H,5-8,10-12H2,1-4H3/t15-,16+,17-/m1/s1. The molecule has 0 amide bonds. The van der Waals surface area contributed by atoms with Crippen LogP contribution in [0.2, 0.25) is 0 Å². The predicted molar refractivity (Wildman–Crippen MR) is 99.6 cm³/mol. The minimum absolute atomic E-state index is 0.0641. The summed E-state index contributed by atoms with van der Waals surface area (Å²) in [6, 6.07) is 0. The first-order chi connectivity index (χ1) is 12.8. The lowest BCUT2D eigenvalue weighted by molar-refractivity contribution is -0.172. The van der Waals surface area contributed by atoms with Crippen molar-refractivity contribution in [3.05, 3.63) is 23.8 Å². The quantitative estimate of drug-likeness (QED) is 0.306. The number of hydrogen-bond acceptors (Lipinski definition) is 6. The molecular weight excluding hydrogens is 348 g/mol. The van der Waals surface area contributed by atoms with Crippen LogP contribution in [0.25, 0.3) is 0 Å². The number of rotatable bonds is 6. The highest BCUT2D eigenvalue weighted by Crippen LogP contribution is 2.53. The lowest BCUT2D eigenvalue weighted by atomic mass is 9.82. The molecule has 0 unspecified atom stereocenters. The third kappa shape index (κ3) is 4.09. The number of fused-ring (bicyclic) bond motifs is 1. The van der Waals surface area contributed by atoms with Gasteiger partial charge in [-0.3, -0.25) is 14.4 Å². The van der Waals surface area contributed by atoms with Gasteiger partial charge in [0.1, 0.15) is 0 Å². The van der Waals surface area contributed by atoms with Crippen molar-refractivity contribution >= 4 is 17.9 Å². The molecule has 2 aliphatic carbocycles. The van der Waals surface area contributed by atoms with E-state index >= 15 is 0 Å². The number of hydrogen-bond donors (Lipinski definition) is 0. The minimum Gasteiger partial charge on any atom is -0.466 e. The molecule has 0 aromatic heterocycles. The van der Waals surface area contributed by atoms with Crippen molar-refractivity contribution < 1.29 is 28.6 Å². The summed E-state index contributed by atoms with van der Waals surface area (Å²) in [5.74, 6) is -1.81. The van der Waals surface area contributed by atoms with E-state index in [4.69, 9.17) is 14.2 Å². The number of carbonyl (C=O) groups is 3. The molecule has 0 spiro atoms. The van der Waals surface area contributed by atoms with Gasteiger partial charge < -0.3 is 14.2 Å². The van der Waals surface area contributed by atoms with E-state index < -0.39 is 17.4 Å². The predicted octanol–water partition coefficient (Wildman–Crippen LogP) is 3.21. The Labute approximate surface area is 160 Å². The summed E-state index contributed by atoms with van der Waals surface area (Å²) in [7, 11) is 0. The molecule has 150 valence electrons. The number of allylic oxidation sites excluding steroid dienone is 2. The maximum Gasteiger partial charge on any atom is 0.323 e. The summed E-state index contributed by atoms with van der Waals surface area (Å²) < 4.78 is 15.6. The summed E-state index contributed by atoms with van der Waals surface area (Å²) in [6.45, 7) is 12.0. The smallest absolute Gasteiger partial charge is 0.323 e. The molecule has 1 saturated carbocycles. The SMILES string of the molecule is C=C1C[C@H](C(=O)OCC)C(C)=C[C@@H]2CC(C(=O)OCC)(C(=O)OCC)C[C@H]12. The normalized spacial score (nSPS) is 26.4. The van der Waals surface area contributed by atoms with Crippen molar-refractivity contribution in [2.24, 2.45) is 23.2 Å². The van der Waals surface area contributed by atoms with Gasteiger partial charge in [0.05, 0.1) is 25.7 Å². The Hall–Kier alpha value is -2.11. The molecule has 0 N–H and O–H groups in total. The van der Waals surface area contributed by atoms with Crippen molar-refractivity contribution in [2.75, 3.05) is 19.8 Å². The Kier molecular flexibility index (Phi) is 6.84. The van der Waals surface area contributed by atoms with E-state index in [9.17, 15) is 14.4 Å². The van der Waals surface area contributed by atoms with Crippen LogP contribution in [0.3, 0.4) is 0 Å². The third-order valence-corrected chi connectivity index (χ3v) is 5.59. The average molecular weight is 378 g/mol. The van der Waals surface area contributed by atoms with Crippen LogP contribution in [-0.2, 0) is 28.6 Å². The molecule has 3 atom stereocenters. The summed E-state index contributed by atoms with van der Waals surface area (Å²) in [5, 5.41) is 0. The zero-order valence-electron chi connectivity index (χ0n) is 16.7. The molecular formula is C21H30O6. The molecule has 0 aliphatic heterocycles. The first-order valence-corrected chi connectivity index (χ1v) is 9.67. The third-order valence-electron chi connectivity index (χ3n) is 5.59. The van der Waals surface area contributed by atoms with Gasteiger partial charge in [-0.05, 0) is 58.8 Å². The van der Waals surface area contributed by atoms with Crippen LogP contribution in [0.15, 0.2) is 23.8 Å². The van der Waals surface area contributed by atoms with E-state index in [1.54, 1.807) is 20.8 Å². The van der Waals surface area contributed by atoms with Crippen LogP contribution in [0.5, 0.6) is 0 Å². The molecule has 1 fully saturated rings. The number of carbonyl (C=O) groups excluding carboxylic acids is 3. The Morgan fingerprint density at radius 3 is 2.11 bits per heavy atom. The molecule has 0 aromatic carbocycles. The average Bonchev–Trinajstić information content (AvgIpc) is 2.95. The van der Waals surface area contributed by atoms with Gasteiger partial charge in [-0.15, -0.1) is 0 Å². The molecule has 0 saturated heterocycles. The Bertz CT molecular complexity index is 629. The summed E-state index contributed by atoms with van der Waals surface area (Å²) >= 11 is 0. The van der Waals surface area contributed by atoms with Gasteiger partial charge in [0.25, 0.3) is 0 Å².